The molecular formula is C26H23Cl2F3N2O3. The van der Waals surface area contributed by atoms with Gasteiger partial charge in [0.25, 0.3) is 0 Å². The summed E-state index contributed by atoms with van der Waals surface area (Å²) in [5.41, 5.74) is 1.44. The number of carbonyl (C=O) groups is 2. The molecule has 10 heteroatoms. The van der Waals surface area contributed by atoms with Gasteiger partial charge in [-0.1, -0.05) is 35.3 Å². The first-order valence-electron chi connectivity index (χ1n) is 11.0. The minimum Gasteiger partial charge on any atom is -0.462 e. The molecule has 0 unspecified atom stereocenters. The molecule has 1 N–H and O–H groups in total. The summed E-state index contributed by atoms with van der Waals surface area (Å²) in [4.78, 5) is 26.2. The number of hydrogen-bond acceptors (Lipinski definition) is 4. The Bertz CT molecular complexity index is 1200. The van der Waals surface area contributed by atoms with Crippen molar-refractivity contribution in [3.63, 3.8) is 0 Å². The van der Waals surface area contributed by atoms with Crippen molar-refractivity contribution in [2.45, 2.75) is 26.1 Å². The van der Waals surface area contributed by atoms with Crippen LogP contribution >= 0.6 is 23.2 Å². The number of esters is 1. The standard InChI is InChI=1S/C26H23Cl2F3N2O3/c1-2-36-25(35)18-5-9-20(10-6-18)32-24(34)13-14-33(21-11-12-22(27)23(28)15-21)16-17-3-7-19(8-4-17)26(29,30)31/h3-12,15H,2,13-14,16H2,1H3,(H,32,34). The van der Waals surface area contributed by atoms with Gasteiger partial charge in [-0.25, -0.2) is 4.79 Å². The van der Waals surface area contributed by atoms with Crippen molar-refractivity contribution >= 4 is 46.5 Å². The van der Waals surface area contributed by atoms with Crippen LogP contribution in [0.1, 0.15) is 34.8 Å². The van der Waals surface area contributed by atoms with E-state index in [4.69, 9.17) is 27.9 Å². The summed E-state index contributed by atoms with van der Waals surface area (Å²) in [6, 6.07) is 16.1. The molecule has 0 fully saturated rings. The lowest BCUT2D eigenvalue weighted by molar-refractivity contribution is -0.137. The van der Waals surface area contributed by atoms with Gasteiger partial charge < -0.3 is 15.0 Å². The highest BCUT2D eigenvalue weighted by molar-refractivity contribution is 6.42. The van der Waals surface area contributed by atoms with Crippen LogP contribution in [-0.2, 0) is 22.3 Å². The molecular weight excluding hydrogens is 516 g/mol. The molecule has 1 amide bonds. The maximum Gasteiger partial charge on any atom is 0.416 e. The maximum absolute atomic E-state index is 12.9. The number of rotatable bonds is 9. The van der Waals surface area contributed by atoms with Crippen LogP contribution < -0.4 is 10.2 Å². The minimum atomic E-state index is -4.42. The second kappa shape index (κ2) is 12.1. The van der Waals surface area contributed by atoms with Crippen molar-refractivity contribution in [1.29, 1.82) is 0 Å². The third-order valence-corrected chi connectivity index (χ3v) is 5.95. The number of nitrogens with zero attached hydrogens (tertiary/aromatic N) is 1. The molecule has 0 aromatic heterocycles. The molecule has 0 bridgehead atoms. The lowest BCUT2D eigenvalue weighted by Crippen LogP contribution is -2.27. The summed E-state index contributed by atoms with van der Waals surface area (Å²) in [7, 11) is 0. The summed E-state index contributed by atoms with van der Waals surface area (Å²) in [6.07, 6.45) is -4.34. The average molecular weight is 539 g/mol. The molecule has 0 heterocycles. The fraction of sp³-hybridized carbons (Fsp3) is 0.231. The van der Waals surface area contributed by atoms with Crippen LogP contribution in [0.15, 0.2) is 66.7 Å². The van der Waals surface area contributed by atoms with Crippen LogP contribution in [0.5, 0.6) is 0 Å². The predicted molar refractivity (Wildman–Crippen MR) is 135 cm³/mol. The molecule has 0 aliphatic carbocycles. The van der Waals surface area contributed by atoms with E-state index < -0.39 is 17.7 Å². The van der Waals surface area contributed by atoms with Crippen LogP contribution in [0.2, 0.25) is 10.0 Å². The normalized spacial score (nSPS) is 11.2. The van der Waals surface area contributed by atoms with Crippen LogP contribution in [0.25, 0.3) is 0 Å². The molecule has 0 spiro atoms. The van der Waals surface area contributed by atoms with Crippen molar-refractivity contribution in [3.05, 3.63) is 93.5 Å². The monoisotopic (exact) mass is 538 g/mol. The van der Waals surface area contributed by atoms with Crippen molar-refractivity contribution in [2.24, 2.45) is 0 Å². The molecule has 0 saturated heterocycles. The highest BCUT2D eigenvalue weighted by atomic mass is 35.5. The fourth-order valence-corrected chi connectivity index (χ4v) is 3.66. The molecule has 36 heavy (non-hydrogen) atoms. The third kappa shape index (κ3) is 7.63. The number of benzene rings is 3. The van der Waals surface area contributed by atoms with Gasteiger partial charge in [-0.15, -0.1) is 0 Å². The quantitative estimate of drug-likeness (QED) is 0.292. The number of alkyl halides is 3. The zero-order valence-electron chi connectivity index (χ0n) is 19.2. The lowest BCUT2D eigenvalue weighted by Gasteiger charge is -2.25. The number of nitrogens with one attached hydrogen (secondary N) is 1. The number of anilines is 2. The van der Waals surface area contributed by atoms with Crippen molar-refractivity contribution in [2.75, 3.05) is 23.4 Å². The second-order valence-electron chi connectivity index (χ2n) is 7.81. The Morgan fingerprint density at radius 3 is 2.19 bits per heavy atom. The Kier molecular flexibility index (Phi) is 9.23. The summed E-state index contributed by atoms with van der Waals surface area (Å²) in [5.74, 6) is -0.729. The molecule has 0 saturated carbocycles. The average Bonchev–Trinajstić information content (AvgIpc) is 2.84. The fourth-order valence-electron chi connectivity index (χ4n) is 3.36. The van der Waals surface area contributed by atoms with Crippen LogP contribution in [-0.4, -0.2) is 25.0 Å². The van der Waals surface area contributed by atoms with E-state index in [1.165, 1.54) is 12.1 Å². The van der Waals surface area contributed by atoms with E-state index in [1.807, 2.05) is 4.90 Å². The first-order valence-corrected chi connectivity index (χ1v) is 11.8. The Morgan fingerprint density at radius 1 is 0.944 bits per heavy atom. The van der Waals surface area contributed by atoms with Gasteiger partial charge in [0.15, 0.2) is 0 Å². The Balaban J connectivity index is 1.69. The van der Waals surface area contributed by atoms with E-state index >= 15 is 0 Å². The molecule has 3 aromatic rings. The first-order chi connectivity index (χ1) is 17.1. The van der Waals surface area contributed by atoms with E-state index in [0.29, 0.717) is 32.5 Å². The molecule has 0 aliphatic heterocycles. The number of hydrogen-bond donors (Lipinski definition) is 1. The molecule has 0 radical (unpaired) electrons. The van der Waals surface area contributed by atoms with E-state index in [0.717, 1.165) is 12.1 Å². The molecule has 190 valence electrons. The van der Waals surface area contributed by atoms with Crippen molar-refractivity contribution < 1.29 is 27.5 Å². The summed E-state index contributed by atoms with van der Waals surface area (Å²) >= 11 is 12.2. The van der Waals surface area contributed by atoms with Crippen LogP contribution in [0, 0.1) is 0 Å². The van der Waals surface area contributed by atoms with Gasteiger partial charge in [-0.2, -0.15) is 13.2 Å². The molecule has 0 atom stereocenters. The maximum atomic E-state index is 12.9. The van der Waals surface area contributed by atoms with E-state index in [1.54, 1.807) is 49.4 Å². The summed E-state index contributed by atoms with van der Waals surface area (Å²) < 4.78 is 43.7. The Hall–Kier alpha value is -3.23. The summed E-state index contributed by atoms with van der Waals surface area (Å²) in [5, 5.41) is 3.44. The topological polar surface area (TPSA) is 58.6 Å². The van der Waals surface area contributed by atoms with Crippen molar-refractivity contribution in [3.8, 4) is 0 Å². The van der Waals surface area contributed by atoms with Gasteiger partial charge in [-0.05, 0) is 67.1 Å². The van der Waals surface area contributed by atoms with Crippen LogP contribution in [0.3, 0.4) is 0 Å². The number of amides is 1. The zero-order chi connectivity index (χ0) is 26.3. The van der Waals surface area contributed by atoms with Crippen LogP contribution in [0.4, 0.5) is 24.5 Å². The third-order valence-electron chi connectivity index (χ3n) is 5.21. The number of carbonyl (C=O) groups excluding carboxylic acids is 2. The second-order valence-corrected chi connectivity index (χ2v) is 8.63. The van der Waals surface area contributed by atoms with Gasteiger partial charge in [0, 0.05) is 30.9 Å². The smallest absolute Gasteiger partial charge is 0.416 e. The molecule has 3 aromatic carbocycles. The van der Waals surface area contributed by atoms with Crippen molar-refractivity contribution in [1.82, 2.24) is 0 Å². The first kappa shape index (κ1) is 27.4. The molecule has 5 nitrogen and oxygen atoms in total. The zero-order valence-corrected chi connectivity index (χ0v) is 20.8. The largest absolute Gasteiger partial charge is 0.462 e. The molecule has 3 rings (SSSR count). The van der Waals surface area contributed by atoms with Gasteiger partial charge in [0.1, 0.15) is 0 Å². The van der Waals surface area contributed by atoms with Gasteiger partial charge in [-0.3, -0.25) is 4.79 Å². The number of halogens is 5. The van der Waals surface area contributed by atoms with E-state index in [2.05, 4.69) is 5.32 Å². The Morgan fingerprint density at radius 2 is 1.61 bits per heavy atom. The lowest BCUT2D eigenvalue weighted by atomic mass is 10.1. The highest BCUT2D eigenvalue weighted by Crippen LogP contribution is 2.31. The van der Waals surface area contributed by atoms with Gasteiger partial charge >= 0.3 is 12.1 Å². The van der Waals surface area contributed by atoms with E-state index in [9.17, 15) is 22.8 Å². The predicted octanol–water partition coefficient (Wildman–Crippen LogP) is 7.22. The molecule has 0 aliphatic rings. The SMILES string of the molecule is CCOC(=O)c1ccc(NC(=O)CCN(Cc2ccc(C(F)(F)F)cc2)c2ccc(Cl)c(Cl)c2)cc1. The van der Waals surface area contributed by atoms with Gasteiger partial charge in [0.05, 0.1) is 27.8 Å². The van der Waals surface area contributed by atoms with E-state index in [-0.39, 0.29) is 32.0 Å². The minimum absolute atomic E-state index is 0.0838. The van der Waals surface area contributed by atoms with Gasteiger partial charge in [0.2, 0.25) is 5.91 Å². The highest BCUT2D eigenvalue weighted by Gasteiger charge is 2.30. The Labute approximate surface area is 216 Å². The summed E-state index contributed by atoms with van der Waals surface area (Å²) in [6.45, 7) is 2.48. The number of ether oxygens (including phenoxy) is 1.